The van der Waals surface area contributed by atoms with Crippen LogP contribution in [0, 0.1) is 52.3 Å². The van der Waals surface area contributed by atoms with E-state index >= 15 is 0 Å². The smallest absolute Gasteiger partial charge is 0.136 e. The van der Waals surface area contributed by atoms with Crippen LogP contribution in [0.15, 0.2) is 12.2 Å². The first kappa shape index (κ1) is 25.3. The van der Waals surface area contributed by atoms with Gasteiger partial charge < -0.3 is 20.4 Å². The predicted molar refractivity (Wildman–Crippen MR) is 128 cm³/mol. The molecule has 5 nitrogen and oxygen atoms in total. The van der Waals surface area contributed by atoms with Crippen LogP contribution < -0.4 is 0 Å². The van der Waals surface area contributed by atoms with Crippen LogP contribution in [0.4, 0.5) is 0 Å². The average molecular weight is 463 g/mol. The van der Waals surface area contributed by atoms with Gasteiger partial charge >= 0.3 is 0 Å². The number of Topliss-reactive ketones (excluding diaryl/α,β-unsaturated/α-hetero) is 1. The van der Waals surface area contributed by atoms with Gasteiger partial charge in [-0.05, 0) is 90.4 Å². The molecule has 4 fully saturated rings. The summed E-state index contributed by atoms with van der Waals surface area (Å²) in [6, 6.07) is 0. The second-order valence-corrected chi connectivity index (χ2v) is 12.9. The number of carbonyl (C=O) groups is 1. The van der Waals surface area contributed by atoms with Gasteiger partial charge in [0.1, 0.15) is 11.9 Å². The second kappa shape index (κ2) is 8.72. The predicted octanol–water partition coefficient (Wildman–Crippen LogP) is 3.73. The molecule has 4 N–H and O–H groups in total. The SMILES string of the molecule is C=C(C(C)C)[C@@H](O)[C@H](O)[C@@H](C)[C@H]1CC[C@H]2[C@@H]3CC(=O)[C@H]4CC(O)[C@H](O)C[C@]4(C)[C@H]3CC[C@]12C. The molecule has 4 rings (SSSR count). The third-order valence-electron chi connectivity index (χ3n) is 11.2. The Morgan fingerprint density at radius 2 is 1.64 bits per heavy atom. The zero-order chi connectivity index (χ0) is 24.5. The van der Waals surface area contributed by atoms with E-state index in [0.717, 1.165) is 25.7 Å². The van der Waals surface area contributed by atoms with Gasteiger partial charge in [-0.1, -0.05) is 41.2 Å². The molecule has 0 saturated heterocycles. The van der Waals surface area contributed by atoms with Gasteiger partial charge in [0.2, 0.25) is 0 Å². The van der Waals surface area contributed by atoms with E-state index in [-0.39, 0.29) is 34.4 Å². The number of aliphatic hydroxyl groups is 4. The van der Waals surface area contributed by atoms with Gasteiger partial charge in [0, 0.05) is 12.3 Å². The van der Waals surface area contributed by atoms with E-state index in [1.54, 1.807) is 0 Å². The maximum Gasteiger partial charge on any atom is 0.136 e. The maximum atomic E-state index is 13.3. The monoisotopic (exact) mass is 462 g/mol. The molecule has 5 heteroatoms. The molecule has 0 aliphatic heterocycles. The number of aliphatic hydroxyl groups excluding tert-OH is 4. The van der Waals surface area contributed by atoms with Crippen LogP contribution in [-0.4, -0.2) is 50.6 Å². The number of carbonyl (C=O) groups excluding carboxylic acids is 1. The molecule has 1 unspecified atom stereocenters. The van der Waals surface area contributed by atoms with E-state index in [4.69, 9.17) is 0 Å². The fourth-order valence-electron chi connectivity index (χ4n) is 9.06. The zero-order valence-corrected chi connectivity index (χ0v) is 21.2. The lowest BCUT2D eigenvalue weighted by atomic mass is 9.44. The summed E-state index contributed by atoms with van der Waals surface area (Å²) in [5, 5.41) is 42.6. The average Bonchev–Trinajstić information content (AvgIpc) is 3.10. The molecular weight excluding hydrogens is 416 g/mol. The highest BCUT2D eigenvalue weighted by Crippen LogP contribution is 2.67. The lowest BCUT2D eigenvalue weighted by Gasteiger charge is -2.61. The van der Waals surface area contributed by atoms with Gasteiger partial charge in [-0.25, -0.2) is 0 Å². The van der Waals surface area contributed by atoms with Crippen molar-refractivity contribution in [2.45, 2.75) is 104 Å². The van der Waals surface area contributed by atoms with Gasteiger partial charge in [0.25, 0.3) is 0 Å². The second-order valence-electron chi connectivity index (χ2n) is 12.9. The van der Waals surface area contributed by atoms with Crippen LogP contribution in [0.1, 0.15) is 79.6 Å². The van der Waals surface area contributed by atoms with Crippen molar-refractivity contribution in [3.05, 3.63) is 12.2 Å². The minimum atomic E-state index is -0.912. The lowest BCUT2D eigenvalue weighted by Crippen LogP contribution is -2.59. The summed E-state index contributed by atoms with van der Waals surface area (Å²) in [5.41, 5.74) is 0.484. The molecule has 4 aliphatic rings. The first-order chi connectivity index (χ1) is 15.3. The molecule has 0 heterocycles. The van der Waals surface area contributed by atoms with Gasteiger partial charge in [0.15, 0.2) is 0 Å². The van der Waals surface area contributed by atoms with Crippen molar-refractivity contribution >= 4 is 5.78 Å². The Bertz CT molecular complexity index is 778. The fourth-order valence-corrected chi connectivity index (χ4v) is 9.06. The maximum absolute atomic E-state index is 13.3. The molecule has 188 valence electrons. The molecule has 0 aromatic heterocycles. The molecule has 4 aliphatic carbocycles. The molecule has 0 bridgehead atoms. The van der Waals surface area contributed by atoms with E-state index in [9.17, 15) is 25.2 Å². The minimum Gasteiger partial charge on any atom is -0.390 e. The van der Waals surface area contributed by atoms with E-state index in [1.807, 2.05) is 13.8 Å². The molecule has 0 aromatic rings. The summed E-state index contributed by atoms with van der Waals surface area (Å²) in [4.78, 5) is 13.3. The number of hydrogen-bond acceptors (Lipinski definition) is 5. The van der Waals surface area contributed by atoms with Gasteiger partial charge in [0.05, 0.1) is 18.3 Å². The van der Waals surface area contributed by atoms with E-state index in [0.29, 0.717) is 48.5 Å². The number of fused-ring (bicyclic) bond motifs is 5. The lowest BCUT2D eigenvalue weighted by molar-refractivity contribution is -0.174. The largest absolute Gasteiger partial charge is 0.390 e. The topological polar surface area (TPSA) is 98.0 Å². The molecule has 0 spiro atoms. The van der Waals surface area contributed by atoms with Crippen molar-refractivity contribution in [3.8, 4) is 0 Å². The Morgan fingerprint density at radius 3 is 2.27 bits per heavy atom. The highest BCUT2D eigenvalue weighted by atomic mass is 16.3. The van der Waals surface area contributed by atoms with Crippen molar-refractivity contribution in [1.82, 2.24) is 0 Å². The highest BCUT2D eigenvalue weighted by molar-refractivity contribution is 5.83. The zero-order valence-electron chi connectivity index (χ0n) is 21.2. The fraction of sp³-hybridized carbons (Fsp3) is 0.893. The Morgan fingerprint density at radius 1 is 1.00 bits per heavy atom. The first-order valence-electron chi connectivity index (χ1n) is 13.3. The molecule has 4 saturated carbocycles. The number of ketones is 1. The van der Waals surface area contributed by atoms with Crippen molar-refractivity contribution in [1.29, 1.82) is 0 Å². The molecule has 12 atom stereocenters. The summed E-state index contributed by atoms with van der Waals surface area (Å²) in [7, 11) is 0. The Balaban J connectivity index is 1.56. The van der Waals surface area contributed by atoms with E-state index < -0.39 is 24.4 Å². The van der Waals surface area contributed by atoms with Crippen LogP contribution in [0.2, 0.25) is 0 Å². The van der Waals surface area contributed by atoms with Crippen LogP contribution in [0.5, 0.6) is 0 Å². The van der Waals surface area contributed by atoms with Crippen molar-refractivity contribution in [2.75, 3.05) is 0 Å². The van der Waals surface area contributed by atoms with Crippen molar-refractivity contribution < 1.29 is 25.2 Å². The van der Waals surface area contributed by atoms with Crippen LogP contribution in [0.25, 0.3) is 0 Å². The number of hydrogen-bond donors (Lipinski definition) is 4. The first-order valence-corrected chi connectivity index (χ1v) is 13.3. The van der Waals surface area contributed by atoms with Crippen molar-refractivity contribution in [2.24, 2.45) is 52.3 Å². The van der Waals surface area contributed by atoms with Gasteiger partial charge in [-0.3, -0.25) is 4.79 Å². The minimum absolute atomic E-state index is 0.0384. The quantitative estimate of drug-likeness (QED) is 0.467. The summed E-state index contributed by atoms with van der Waals surface area (Å²) >= 11 is 0. The van der Waals surface area contributed by atoms with E-state index in [1.165, 1.54) is 0 Å². The summed E-state index contributed by atoms with van der Waals surface area (Å²) in [6.45, 7) is 14.6. The molecule has 0 aromatic carbocycles. The summed E-state index contributed by atoms with van der Waals surface area (Å²) in [5.74, 6) is 1.63. The van der Waals surface area contributed by atoms with Crippen molar-refractivity contribution in [3.63, 3.8) is 0 Å². The summed E-state index contributed by atoms with van der Waals surface area (Å²) < 4.78 is 0. The third kappa shape index (κ3) is 3.86. The Hall–Kier alpha value is -0.750. The van der Waals surface area contributed by atoms with Gasteiger partial charge in [-0.2, -0.15) is 0 Å². The molecule has 0 amide bonds. The summed E-state index contributed by atoms with van der Waals surface area (Å²) in [6.07, 6.45) is 2.37. The Labute approximate surface area is 199 Å². The molecule has 0 radical (unpaired) electrons. The Kier molecular flexibility index (Phi) is 6.70. The van der Waals surface area contributed by atoms with Gasteiger partial charge in [-0.15, -0.1) is 0 Å². The molecular formula is C28H46O5. The van der Waals surface area contributed by atoms with E-state index in [2.05, 4.69) is 27.4 Å². The van der Waals surface area contributed by atoms with Crippen LogP contribution in [-0.2, 0) is 4.79 Å². The standard InChI is InChI=1S/C28H46O5/c1-14(2)15(3)25(32)26(33)16(4)18-7-8-19-17-11-22(29)21-12-23(30)24(31)13-28(21,6)20(17)9-10-27(18,19)5/h14,16-21,23-26,30-33H,3,7-13H2,1-2,4-6H3/t16-,17-,18+,19-,20-,21+,23?,24+,25+,26+,27+,28+/m0/s1. The molecule has 33 heavy (non-hydrogen) atoms. The van der Waals surface area contributed by atoms with Crippen LogP contribution in [0.3, 0.4) is 0 Å². The van der Waals surface area contributed by atoms with Crippen LogP contribution >= 0.6 is 0 Å². The number of rotatable bonds is 5. The third-order valence-corrected chi connectivity index (χ3v) is 11.2. The normalized spacial score (nSPS) is 47.9. The highest BCUT2D eigenvalue weighted by Gasteiger charge is 2.63.